The molecule has 0 bridgehead atoms. The molecule has 1 aromatic heterocycles. The van der Waals surface area contributed by atoms with E-state index in [2.05, 4.69) is 5.32 Å². The number of pyridine rings is 1. The van der Waals surface area contributed by atoms with Crippen molar-refractivity contribution in [1.29, 1.82) is 0 Å². The van der Waals surface area contributed by atoms with Gasteiger partial charge in [-0.1, -0.05) is 30.3 Å². The molecule has 31 heavy (non-hydrogen) atoms. The molecule has 7 nitrogen and oxygen atoms in total. The van der Waals surface area contributed by atoms with E-state index >= 15 is 0 Å². The van der Waals surface area contributed by atoms with Crippen LogP contribution in [0.1, 0.15) is 19.8 Å². The second kappa shape index (κ2) is 8.63. The van der Waals surface area contributed by atoms with E-state index in [0.717, 1.165) is 22.2 Å². The summed E-state index contributed by atoms with van der Waals surface area (Å²) in [6, 6.07) is 16.8. The molecule has 0 spiro atoms. The van der Waals surface area contributed by atoms with Crippen molar-refractivity contribution in [3.8, 4) is 22.8 Å². The van der Waals surface area contributed by atoms with Gasteiger partial charge in [0.25, 0.3) is 0 Å². The van der Waals surface area contributed by atoms with Gasteiger partial charge in [0.15, 0.2) is 0 Å². The molecule has 0 unspecified atom stereocenters. The van der Waals surface area contributed by atoms with Gasteiger partial charge in [-0.15, -0.1) is 0 Å². The van der Waals surface area contributed by atoms with Crippen LogP contribution >= 0.6 is 0 Å². The van der Waals surface area contributed by atoms with Gasteiger partial charge in [-0.3, -0.25) is 9.59 Å². The number of fused-ring (bicyclic) bond motifs is 1. The molecule has 0 aliphatic heterocycles. The fourth-order valence-electron chi connectivity index (χ4n) is 4.12. The Morgan fingerprint density at radius 1 is 1.10 bits per heavy atom. The first-order chi connectivity index (χ1) is 14.9. The molecule has 2 N–H and O–H groups in total. The van der Waals surface area contributed by atoms with Gasteiger partial charge in [-0.05, 0) is 18.6 Å². The zero-order valence-electron chi connectivity index (χ0n) is 17.4. The maximum atomic E-state index is 11.7. The number of ether oxygens (including phenoxy) is 2. The van der Waals surface area contributed by atoms with Crippen molar-refractivity contribution in [3.05, 3.63) is 54.6 Å². The van der Waals surface area contributed by atoms with Gasteiger partial charge in [0, 0.05) is 42.5 Å². The van der Waals surface area contributed by atoms with E-state index in [1.54, 1.807) is 7.11 Å². The van der Waals surface area contributed by atoms with E-state index in [1.807, 2.05) is 54.6 Å². The molecule has 3 atom stereocenters. The molecule has 7 heteroatoms. The van der Waals surface area contributed by atoms with Gasteiger partial charge in [0.05, 0.1) is 24.2 Å². The largest absolute Gasteiger partial charge is 0.497 e. The molecule has 1 saturated carbocycles. The second-order valence-corrected chi connectivity index (χ2v) is 7.72. The lowest BCUT2D eigenvalue weighted by atomic mass is 10.0. The highest BCUT2D eigenvalue weighted by Crippen LogP contribution is 2.36. The third kappa shape index (κ3) is 4.45. The smallest absolute Gasteiger partial charge is 0.308 e. The molecule has 1 aliphatic carbocycles. The Balaban J connectivity index is 1.71. The van der Waals surface area contributed by atoms with Gasteiger partial charge in [0.1, 0.15) is 17.6 Å². The summed E-state index contributed by atoms with van der Waals surface area (Å²) in [7, 11) is 1.60. The number of nitrogens with zero attached hydrogens (tertiary/aromatic N) is 1. The number of carbonyl (C=O) groups excluding carboxylic acids is 1. The number of rotatable bonds is 6. The number of benzene rings is 2. The number of carboxylic acids is 1. The number of hydrogen-bond acceptors (Lipinski definition) is 5. The summed E-state index contributed by atoms with van der Waals surface area (Å²) in [5.41, 5.74) is 2.42. The lowest BCUT2D eigenvalue weighted by Gasteiger charge is -2.17. The van der Waals surface area contributed by atoms with Gasteiger partial charge < -0.3 is 19.9 Å². The Morgan fingerprint density at radius 3 is 2.55 bits per heavy atom. The predicted octanol–water partition coefficient (Wildman–Crippen LogP) is 3.66. The van der Waals surface area contributed by atoms with Crippen molar-refractivity contribution in [2.24, 2.45) is 5.92 Å². The Morgan fingerprint density at radius 2 is 1.87 bits per heavy atom. The number of methoxy groups -OCH3 is 1. The van der Waals surface area contributed by atoms with Gasteiger partial charge >= 0.3 is 5.97 Å². The average molecular weight is 420 g/mol. The van der Waals surface area contributed by atoms with Crippen molar-refractivity contribution in [2.75, 3.05) is 7.11 Å². The average Bonchev–Trinajstić information content (AvgIpc) is 3.15. The van der Waals surface area contributed by atoms with Crippen LogP contribution < -0.4 is 14.8 Å². The Bertz CT molecular complexity index is 1120. The van der Waals surface area contributed by atoms with Gasteiger partial charge in [-0.25, -0.2) is 4.98 Å². The summed E-state index contributed by atoms with van der Waals surface area (Å²) >= 11 is 0. The molecule has 2 aromatic carbocycles. The van der Waals surface area contributed by atoms with Crippen LogP contribution in [0.15, 0.2) is 54.6 Å². The van der Waals surface area contributed by atoms with Crippen molar-refractivity contribution in [1.82, 2.24) is 10.3 Å². The number of nitrogens with one attached hydrogen (secondary N) is 1. The Hall–Kier alpha value is -3.61. The first kappa shape index (κ1) is 20.7. The minimum Gasteiger partial charge on any atom is -0.497 e. The number of carboxylic acid groups (broad SMARTS) is 1. The lowest BCUT2D eigenvalue weighted by Crippen LogP contribution is -2.39. The second-order valence-electron chi connectivity index (χ2n) is 7.72. The molecule has 0 saturated heterocycles. The number of aliphatic carboxylic acids is 1. The Kier molecular flexibility index (Phi) is 5.75. The van der Waals surface area contributed by atoms with Crippen molar-refractivity contribution in [3.63, 3.8) is 0 Å². The molecule has 3 aromatic rings. The number of aromatic nitrogens is 1. The summed E-state index contributed by atoms with van der Waals surface area (Å²) in [6.45, 7) is 1.39. The van der Waals surface area contributed by atoms with Crippen LogP contribution in [0.4, 0.5) is 0 Å². The third-order valence-corrected chi connectivity index (χ3v) is 5.57. The zero-order chi connectivity index (χ0) is 22.0. The van der Waals surface area contributed by atoms with Crippen LogP contribution in [-0.4, -0.2) is 41.2 Å². The predicted molar refractivity (Wildman–Crippen MR) is 116 cm³/mol. The monoisotopic (exact) mass is 420 g/mol. The molecule has 0 radical (unpaired) electrons. The topological polar surface area (TPSA) is 97.8 Å². The third-order valence-electron chi connectivity index (χ3n) is 5.57. The maximum Gasteiger partial charge on any atom is 0.308 e. The van der Waals surface area contributed by atoms with Crippen LogP contribution in [0.2, 0.25) is 0 Å². The van der Waals surface area contributed by atoms with Crippen LogP contribution in [0, 0.1) is 5.92 Å². The number of amides is 1. The minimum atomic E-state index is -0.931. The SMILES string of the molecule is COc1ccc2c(O[C@H]3C[C@H](NC(C)=O)[C@H](C(=O)O)C3)cc(-c3ccccc3)nc2c1. The van der Waals surface area contributed by atoms with Crippen LogP contribution in [0.3, 0.4) is 0 Å². The molecular weight excluding hydrogens is 396 g/mol. The van der Waals surface area contributed by atoms with Crippen LogP contribution in [0.5, 0.6) is 11.5 Å². The highest BCUT2D eigenvalue weighted by atomic mass is 16.5. The summed E-state index contributed by atoms with van der Waals surface area (Å²) in [4.78, 5) is 28.0. The van der Waals surface area contributed by atoms with E-state index in [4.69, 9.17) is 14.5 Å². The molecule has 1 fully saturated rings. The summed E-state index contributed by atoms with van der Waals surface area (Å²) in [5.74, 6) is -0.544. The number of hydrogen-bond donors (Lipinski definition) is 2. The Labute approximate surface area is 180 Å². The summed E-state index contributed by atoms with van der Waals surface area (Å²) in [6.07, 6.45) is 0.409. The first-order valence-corrected chi connectivity index (χ1v) is 10.2. The van der Waals surface area contributed by atoms with Crippen molar-refractivity contribution >= 4 is 22.8 Å². The molecule has 1 aliphatic rings. The maximum absolute atomic E-state index is 11.7. The van der Waals surface area contributed by atoms with E-state index in [1.165, 1.54) is 6.92 Å². The standard InChI is InChI=1S/C24H24N2O5/c1-14(27)25-22-12-17(10-19(22)24(28)29)31-23-13-20(15-6-4-3-5-7-15)26-21-11-16(30-2)8-9-18(21)23/h3-9,11,13,17,19,22H,10,12H2,1-2H3,(H,25,27)(H,28,29)/t17-,19-,22+/m1/s1. The van der Waals surface area contributed by atoms with E-state index in [0.29, 0.717) is 24.3 Å². The highest BCUT2D eigenvalue weighted by molar-refractivity contribution is 5.89. The van der Waals surface area contributed by atoms with E-state index in [9.17, 15) is 14.7 Å². The fourth-order valence-corrected chi connectivity index (χ4v) is 4.12. The summed E-state index contributed by atoms with van der Waals surface area (Å²) < 4.78 is 11.7. The van der Waals surface area contributed by atoms with Crippen molar-refractivity contribution < 1.29 is 24.2 Å². The normalized spacial score (nSPS) is 20.4. The van der Waals surface area contributed by atoms with Crippen LogP contribution in [0.25, 0.3) is 22.2 Å². The minimum absolute atomic E-state index is 0.246. The number of carbonyl (C=O) groups is 2. The molecule has 1 amide bonds. The summed E-state index contributed by atoms with van der Waals surface area (Å²) in [5, 5.41) is 13.1. The van der Waals surface area contributed by atoms with Gasteiger partial charge in [-0.2, -0.15) is 0 Å². The van der Waals surface area contributed by atoms with Crippen LogP contribution in [-0.2, 0) is 9.59 Å². The fraction of sp³-hybridized carbons (Fsp3) is 0.292. The highest BCUT2D eigenvalue weighted by Gasteiger charge is 2.40. The molecule has 1 heterocycles. The van der Waals surface area contributed by atoms with E-state index in [-0.39, 0.29) is 12.0 Å². The van der Waals surface area contributed by atoms with Crippen molar-refractivity contribution in [2.45, 2.75) is 31.9 Å². The first-order valence-electron chi connectivity index (χ1n) is 10.2. The quantitative estimate of drug-likeness (QED) is 0.632. The zero-order valence-corrected chi connectivity index (χ0v) is 17.4. The molecular formula is C24H24N2O5. The lowest BCUT2D eigenvalue weighted by molar-refractivity contribution is -0.142. The molecule has 4 rings (SSSR count). The molecule has 160 valence electrons. The van der Waals surface area contributed by atoms with E-state index < -0.39 is 17.9 Å². The van der Waals surface area contributed by atoms with Gasteiger partial charge in [0.2, 0.25) is 5.91 Å².